The summed E-state index contributed by atoms with van der Waals surface area (Å²) >= 11 is 12.8. The second kappa shape index (κ2) is 8.22. The summed E-state index contributed by atoms with van der Waals surface area (Å²) in [5, 5.41) is 1.11. The maximum Gasteiger partial charge on any atom is 0.226 e. The van der Waals surface area contributed by atoms with E-state index in [4.69, 9.17) is 23.2 Å². The normalized spacial score (nSPS) is 10.3. The molecule has 0 radical (unpaired) electrons. The first-order valence-electron chi connectivity index (χ1n) is 7.56. The SMILES string of the molecule is C=CCN(c1ccccc1CC(=O)N(C)C)c1c(Cl)cccc1Cl. The zero-order valence-electron chi connectivity index (χ0n) is 13.8. The number of anilines is 2. The summed E-state index contributed by atoms with van der Waals surface area (Å²) in [4.78, 5) is 15.7. The van der Waals surface area contributed by atoms with Crippen molar-refractivity contribution in [3.05, 3.63) is 70.7 Å². The van der Waals surface area contributed by atoms with E-state index < -0.39 is 0 Å². The van der Waals surface area contributed by atoms with E-state index in [0.29, 0.717) is 28.7 Å². The number of para-hydroxylation sites is 2. The molecule has 3 nitrogen and oxygen atoms in total. The Morgan fingerprint density at radius 2 is 1.71 bits per heavy atom. The van der Waals surface area contributed by atoms with Gasteiger partial charge in [-0.25, -0.2) is 0 Å². The standard InChI is InChI=1S/C19H20Cl2N2O/c1-4-12-23(19-15(20)9-7-10-16(19)21)17-11-6-5-8-14(17)13-18(24)22(2)3/h4-11H,1,12-13H2,2-3H3. The Bertz CT molecular complexity index is 724. The number of nitrogens with zero attached hydrogens (tertiary/aromatic N) is 2. The third kappa shape index (κ3) is 4.11. The Kier molecular flexibility index (Phi) is 6.29. The molecule has 0 saturated heterocycles. The Labute approximate surface area is 153 Å². The lowest BCUT2D eigenvalue weighted by atomic mass is 10.1. The van der Waals surface area contributed by atoms with Crippen molar-refractivity contribution in [3.63, 3.8) is 0 Å². The Morgan fingerprint density at radius 1 is 1.08 bits per heavy atom. The molecule has 0 aliphatic heterocycles. The smallest absolute Gasteiger partial charge is 0.226 e. The van der Waals surface area contributed by atoms with Gasteiger partial charge in [-0.2, -0.15) is 0 Å². The molecule has 0 heterocycles. The first kappa shape index (κ1) is 18.4. The van der Waals surface area contributed by atoms with E-state index in [2.05, 4.69) is 6.58 Å². The van der Waals surface area contributed by atoms with Crippen molar-refractivity contribution in [1.29, 1.82) is 0 Å². The average molecular weight is 363 g/mol. The molecule has 2 aromatic rings. The van der Waals surface area contributed by atoms with Crippen LogP contribution in [0.15, 0.2) is 55.1 Å². The molecule has 126 valence electrons. The minimum atomic E-state index is 0.0336. The van der Waals surface area contributed by atoms with Crippen molar-refractivity contribution in [3.8, 4) is 0 Å². The molecule has 0 atom stereocenters. The van der Waals surface area contributed by atoms with Gasteiger partial charge in [0.05, 0.1) is 22.2 Å². The van der Waals surface area contributed by atoms with Gasteiger partial charge < -0.3 is 9.80 Å². The number of likely N-dealkylation sites (N-methyl/N-ethyl adjacent to an activating group) is 1. The molecule has 2 rings (SSSR count). The van der Waals surface area contributed by atoms with Crippen LogP contribution < -0.4 is 4.90 Å². The summed E-state index contributed by atoms with van der Waals surface area (Å²) in [6.07, 6.45) is 2.09. The van der Waals surface area contributed by atoms with E-state index in [1.54, 1.807) is 37.2 Å². The van der Waals surface area contributed by atoms with Gasteiger partial charge in [0.25, 0.3) is 0 Å². The number of rotatable bonds is 6. The van der Waals surface area contributed by atoms with Crippen LogP contribution in [0.3, 0.4) is 0 Å². The summed E-state index contributed by atoms with van der Waals surface area (Å²) in [6.45, 7) is 4.35. The van der Waals surface area contributed by atoms with Gasteiger partial charge in [-0.3, -0.25) is 4.79 Å². The fraction of sp³-hybridized carbons (Fsp3) is 0.211. The van der Waals surface area contributed by atoms with Crippen molar-refractivity contribution in [2.75, 3.05) is 25.5 Å². The molecule has 0 spiro atoms. The molecule has 0 N–H and O–H groups in total. The molecule has 24 heavy (non-hydrogen) atoms. The summed E-state index contributed by atoms with van der Waals surface area (Å²) in [5.41, 5.74) is 2.52. The van der Waals surface area contributed by atoms with Gasteiger partial charge in [0, 0.05) is 26.3 Å². The zero-order valence-corrected chi connectivity index (χ0v) is 15.3. The molecule has 0 aromatic heterocycles. The second-order valence-electron chi connectivity index (χ2n) is 5.56. The van der Waals surface area contributed by atoms with Crippen LogP contribution in [0.2, 0.25) is 10.0 Å². The first-order chi connectivity index (χ1) is 11.5. The maximum atomic E-state index is 12.2. The summed E-state index contributed by atoms with van der Waals surface area (Å²) in [7, 11) is 3.49. The molecule has 5 heteroatoms. The molecular weight excluding hydrogens is 343 g/mol. The molecular formula is C19H20Cl2N2O. The summed E-state index contributed by atoms with van der Waals surface area (Å²) in [6, 6.07) is 13.2. The van der Waals surface area contributed by atoms with Crippen LogP contribution in [-0.4, -0.2) is 31.4 Å². The third-order valence-electron chi connectivity index (χ3n) is 3.64. The van der Waals surface area contributed by atoms with Gasteiger partial charge in [0.2, 0.25) is 5.91 Å². The van der Waals surface area contributed by atoms with Crippen LogP contribution in [0.5, 0.6) is 0 Å². The lowest BCUT2D eigenvalue weighted by Crippen LogP contribution is -2.25. The molecule has 0 bridgehead atoms. The zero-order chi connectivity index (χ0) is 17.7. The lowest BCUT2D eigenvalue weighted by molar-refractivity contribution is -0.127. The summed E-state index contributed by atoms with van der Waals surface area (Å²) in [5.74, 6) is 0.0336. The van der Waals surface area contributed by atoms with Crippen LogP contribution in [0.1, 0.15) is 5.56 Å². The van der Waals surface area contributed by atoms with Crippen LogP contribution in [0.25, 0.3) is 0 Å². The highest BCUT2D eigenvalue weighted by molar-refractivity contribution is 6.39. The van der Waals surface area contributed by atoms with Gasteiger partial charge in [0.15, 0.2) is 0 Å². The van der Waals surface area contributed by atoms with Crippen molar-refractivity contribution in [1.82, 2.24) is 4.90 Å². The minimum absolute atomic E-state index is 0.0336. The number of hydrogen-bond donors (Lipinski definition) is 0. The number of halogens is 2. The van der Waals surface area contributed by atoms with E-state index in [1.807, 2.05) is 35.2 Å². The van der Waals surface area contributed by atoms with Crippen molar-refractivity contribution >= 4 is 40.5 Å². The van der Waals surface area contributed by atoms with E-state index in [9.17, 15) is 4.79 Å². The van der Waals surface area contributed by atoms with Gasteiger partial charge in [-0.05, 0) is 23.8 Å². The number of amides is 1. The van der Waals surface area contributed by atoms with Crippen molar-refractivity contribution < 1.29 is 4.79 Å². The van der Waals surface area contributed by atoms with Crippen LogP contribution in [-0.2, 0) is 11.2 Å². The van der Waals surface area contributed by atoms with Crippen LogP contribution in [0.4, 0.5) is 11.4 Å². The Hall–Kier alpha value is -1.97. The molecule has 0 saturated carbocycles. The van der Waals surface area contributed by atoms with Gasteiger partial charge in [-0.15, -0.1) is 6.58 Å². The quantitative estimate of drug-likeness (QED) is 0.678. The van der Waals surface area contributed by atoms with E-state index in [0.717, 1.165) is 11.3 Å². The Balaban J connectivity index is 2.53. The van der Waals surface area contributed by atoms with E-state index in [1.165, 1.54) is 0 Å². The van der Waals surface area contributed by atoms with Crippen molar-refractivity contribution in [2.24, 2.45) is 0 Å². The summed E-state index contributed by atoms with van der Waals surface area (Å²) < 4.78 is 0. The fourth-order valence-corrected chi connectivity index (χ4v) is 3.03. The second-order valence-corrected chi connectivity index (χ2v) is 6.38. The highest BCUT2D eigenvalue weighted by Gasteiger charge is 2.19. The number of carbonyl (C=O) groups is 1. The lowest BCUT2D eigenvalue weighted by Gasteiger charge is -2.28. The largest absolute Gasteiger partial charge is 0.349 e. The molecule has 0 fully saturated rings. The topological polar surface area (TPSA) is 23.6 Å². The third-order valence-corrected chi connectivity index (χ3v) is 4.25. The maximum absolute atomic E-state index is 12.2. The van der Waals surface area contributed by atoms with Crippen molar-refractivity contribution in [2.45, 2.75) is 6.42 Å². The predicted octanol–water partition coefficient (Wildman–Crippen LogP) is 4.95. The van der Waals surface area contributed by atoms with E-state index in [-0.39, 0.29) is 5.91 Å². The van der Waals surface area contributed by atoms with Gasteiger partial charge >= 0.3 is 0 Å². The highest BCUT2D eigenvalue weighted by Crippen LogP contribution is 2.39. The molecule has 0 aliphatic carbocycles. The Morgan fingerprint density at radius 3 is 2.29 bits per heavy atom. The van der Waals surface area contributed by atoms with Crippen LogP contribution in [0, 0.1) is 0 Å². The monoisotopic (exact) mass is 362 g/mol. The molecule has 0 aliphatic rings. The number of carbonyl (C=O) groups excluding carboxylic acids is 1. The predicted molar refractivity (Wildman–Crippen MR) is 103 cm³/mol. The number of benzene rings is 2. The van der Waals surface area contributed by atoms with Gasteiger partial charge in [0.1, 0.15) is 0 Å². The number of hydrogen-bond acceptors (Lipinski definition) is 2. The minimum Gasteiger partial charge on any atom is -0.349 e. The van der Waals surface area contributed by atoms with E-state index >= 15 is 0 Å². The fourth-order valence-electron chi connectivity index (χ4n) is 2.43. The molecule has 2 aromatic carbocycles. The average Bonchev–Trinajstić information content (AvgIpc) is 2.54. The van der Waals surface area contributed by atoms with Crippen LogP contribution >= 0.6 is 23.2 Å². The van der Waals surface area contributed by atoms with Gasteiger partial charge in [-0.1, -0.05) is 53.5 Å². The molecule has 0 unspecified atom stereocenters. The highest BCUT2D eigenvalue weighted by atomic mass is 35.5. The first-order valence-corrected chi connectivity index (χ1v) is 8.31. The molecule has 1 amide bonds.